The van der Waals surface area contributed by atoms with Gasteiger partial charge in [-0.05, 0) is 49.9 Å². The molecule has 1 aliphatic carbocycles. The molecular formula is C19H29NO2S2. The molecule has 0 saturated heterocycles. The van der Waals surface area contributed by atoms with Crippen molar-refractivity contribution in [1.82, 2.24) is 5.32 Å². The third kappa shape index (κ3) is 6.34. The predicted molar refractivity (Wildman–Crippen MR) is 105 cm³/mol. The molecule has 1 saturated carbocycles. The Hall–Kier alpha value is -0.650. The van der Waals surface area contributed by atoms with E-state index in [9.17, 15) is 4.79 Å². The van der Waals surface area contributed by atoms with Crippen LogP contribution in [0.5, 0.6) is 0 Å². The summed E-state index contributed by atoms with van der Waals surface area (Å²) in [5.41, 5.74) is 2.71. The van der Waals surface area contributed by atoms with E-state index in [1.165, 1.54) is 41.7 Å². The first kappa shape index (κ1) is 19.7. The molecular weight excluding hydrogens is 338 g/mol. The standard InChI is InChI=1S/C19H29NO2S2/c1-14-8-9-16(12-15(14)2)24-18-7-5-4-6-17(18)23-13-19(21)20-10-11-22-3/h8-9,12,17-18H,4-7,10-11,13H2,1-3H3,(H,20,21). The number of rotatable bonds is 8. The second-order valence-corrected chi connectivity index (χ2v) is 8.92. The monoisotopic (exact) mass is 367 g/mol. The van der Waals surface area contributed by atoms with Crippen molar-refractivity contribution in [2.75, 3.05) is 26.0 Å². The van der Waals surface area contributed by atoms with E-state index in [0.29, 0.717) is 29.4 Å². The molecule has 0 heterocycles. The van der Waals surface area contributed by atoms with Gasteiger partial charge in [-0.1, -0.05) is 18.9 Å². The summed E-state index contributed by atoms with van der Waals surface area (Å²) in [5, 5.41) is 4.09. The van der Waals surface area contributed by atoms with Crippen LogP contribution in [0.1, 0.15) is 36.8 Å². The van der Waals surface area contributed by atoms with Gasteiger partial charge in [0.2, 0.25) is 5.91 Å². The number of methoxy groups -OCH3 is 1. The van der Waals surface area contributed by atoms with Crippen LogP contribution >= 0.6 is 23.5 Å². The van der Waals surface area contributed by atoms with Gasteiger partial charge in [0.05, 0.1) is 12.4 Å². The molecule has 0 aliphatic heterocycles. The number of thioether (sulfide) groups is 2. The number of amides is 1. The minimum atomic E-state index is 0.123. The Labute approximate surface area is 154 Å². The molecule has 1 N–H and O–H groups in total. The van der Waals surface area contributed by atoms with Crippen LogP contribution in [0.2, 0.25) is 0 Å². The molecule has 0 aromatic heterocycles. The first-order valence-corrected chi connectivity index (χ1v) is 10.6. The minimum Gasteiger partial charge on any atom is -0.383 e. The maximum atomic E-state index is 11.9. The van der Waals surface area contributed by atoms with Crippen LogP contribution in [-0.4, -0.2) is 42.4 Å². The Kier molecular flexibility index (Phi) is 8.50. The van der Waals surface area contributed by atoms with Crippen LogP contribution in [-0.2, 0) is 9.53 Å². The van der Waals surface area contributed by atoms with Crippen LogP contribution in [0.25, 0.3) is 0 Å². The topological polar surface area (TPSA) is 38.3 Å². The van der Waals surface area contributed by atoms with Gasteiger partial charge in [-0.2, -0.15) is 0 Å². The van der Waals surface area contributed by atoms with E-state index < -0.39 is 0 Å². The Morgan fingerprint density at radius 3 is 2.67 bits per heavy atom. The second-order valence-electron chi connectivity index (χ2n) is 6.38. The highest BCUT2D eigenvalue weighted by Gasteiger charge is 2.27. The SMILES string of the molecule is COCCNC(=O)CSC1CCCCC1Sc1ccc(C)c(C)c1. The van der Waals surface area contributed by atoms with Crippen molar-refractivity contribution in [2.45, 2.75) is 54.9 Å². The average Bonchev–Trinajstić information content (AvgIpc) is 2.58. The molecule has 3 nitrogen and oxygen atoms in total. The lowest BCUT2D eigenvalue weighted by Crippen LogP contribution is -2.31. The summed E-state index contributed by atoms with van der Waals surface area (Å²) in [4.78, 5) is 13.3. The normalized spacial score (nSPS) is 20.8. The molecule has 1 amide bonds. The molecule has 2 atom stereocenters. The van der Waals surface area contributed by atoms with Gasteiger partial charge in [0.25, 0.3) is 0 Å². The van der Waals surface area contributed by atoms with E-state index in [-0.39, 0.29) is 5.91 Å². The minimum absolute atomic E-state index is 0.123. The fraction of sp³-hybridized carbons (Fsp3) is 0.632. The predicted octanol–water partition coefficient (Wildman–Crippen LogP) is 4.20. The van der Waals surface area contributed by atoms with Crippen molar-refractivity contribution in [1.29, 1.82) is 0 Å². The fourth-order valence-electron chi connectivity index (χ4n) is 2.88. The van der Waals surface area contributed by atoms with Crippen molar-refractivity contribution in [2.24, 2.45) is 0 Å². The summed E-state index contributed by atoms with van der Waals surface area (Å²) < 4.78 is 4.96. The average molecular weight is 368 g/mol. The highest BCUT2D eigenvalue weighted by Crippen LogP contribution is 2.39. The zero-order chi connectivity index (χ0) is 17.4. The van der Waals surface area contributed by atoms with E-state index in [1.54, 1.807) is 7.11 Å². The van der Waals surface area contributed by atoms with Crippen LogP contribution in [0.4, 0.5) is 0 Å². The first-order chi connectivity index (χ1) is 11.6. The van der Waals surface area contributed by atoms with Gasteiger partial charge < -0.3 is 10.1 Å². The number of nitrogens with one attached hydrogen (secondary N) is 1. The lowest BCUT2D eigenvalue weighted by atomic mass is 10.00. The molecule has 1 aromatic rings. The van der Waals surface area contributed by atoms with Crippen molar-refractivity contribution in [3.63, 3.8) is 0 Å². The van der Waals surface area contributed by atoms with Gasteiger partial charge in [0.15, 0.2) is 0 Å². The van der Waals surface area contributed by atoms with E-state index in [1.807, 2.05) is 23.5 Å². The molecule has 1 aromatic carbocycles. The maximum Gasteiger partial charge on any atom is 0.230 e. The molecule has 2 unspecified atom stereocenters. The quantitative estimate of drug-likeness (QED) is 0.699. The Morgan fingerprint density at radius 2 is 1.96 bits per heavy atom. The Bertz CT molecular complexity index is 536. The van der Waals surface area contributed by atoms with Crippen molar-refractivity contribution in [3.8, 4) is 0 Å². The number of aryl methyl sites for hydroxylation is 2. The molecule has 0 radical (unpaired) electrons. The Balaban J connectivity index is 1.85. The van der Waals surface area contributed by atoms with Gasteiger partial charge in [-0.25, -0.2) is 0 Å². The number of carbonyl (C=O) groups is 1. The van der Waals surface area contributed by atoms with Crippen LogP contribution in [0.3, 0.4) is 0 Å². The zero-order valence-electron chi connectivity index (χ0n) is 15.0. The van der Waals surface area contributed by atoms with Crippen LogP contribution < -0.4 is 5.32 Å². The number of carbonyl (C=O) groups excluding carboxylic acids is 1. The number of hydrogen-bond acceptors (Lipinski definition) is 4. The highest BCUT2D eigenvalue weighted by molar-refractivity contribution is 8.04. The summed E-state index contributed by atoms with van der Waals surface area (Å²) in [5.74, 6) is 0.677. The van der Waals surface area contributed by atoms with Crippen molar-refractivity contribution >= 4 is 29.4 Å². The summed E-state index contributed by atoms with van der Waals surface area (Å²) in [7, 11) is 1.65. The third-order valence-corrected chi connectivity index (χ3v) is 7.45. The molecule has 0 spiro atoms. The van der Waals surface area contributed by atoms with Gasteiger partial charge in [0.1, 0.15) is 0 Å². The van der Waals surface area contributed by atoms with E-state index in [4.69, 9.17) is 4.74 Å². The zero-order valence-corrected chi connectivity index (χ0v) is 16.6. The van der Waals surface area contributed by atoms with Crippen LogP contribution in [0, 0.1) is 13.8 Å². The molecule has 0 bridgehead atoms. The summed E-state index contributed by atoms with van der Waals surface area (Å²) in [6.07, 6.45) is 5.06. The molecule has 1 fully saturated rings. The van der Waals surface area contributed by atoms with Gasteiger partial charge in [-0.3, -0.25) is 4.79 Å². The number of hydrogen-bond donors (Lipinski definition) is 1. The van der Waals surface area contributed by atoms with E-state index in [0.717, 1.165) is 0 Å². The summed E-state index contributed by atoms with van der Waals surface area (Å²) in [6, 6.07) is 6.75. The van der Waals surface area contributed by atoms with Crippen molar-refractivity contribution < 1.29 is 9.53 Å². The highest BCUT2D eigenvalue weighted by atomic mass is 32.2. The molecule has 1 aliphatic rings. The van der Waals surface area contributed by atoms with E-state index in [2.05, 4.69) is 37.4 Å². The Morgan fingerprint density at radius 1 is 1.21 bits per heavy atom. The van der Waals surface area contributed by atoms with Crippen molar-refractivity contribution in [3.05, 3.63) is 29.3 Å². The molecule has 134 valence electrons. The first-order valence-electron chi connectivity index (χ1n) is 8.71. The lowest BCUT2D eigenvalue weighted by Gasteiger charge is -2.30. The lowest BCUT2D eigenvalue weighted by molar-refractivity contribution is -0.118. The maximum absolute atomic E-state index is 11.9. The third-order valence-electron chi connectivity index (χ3n) is 4.46. The van der Waals surface area contributed by atoms with Gasteiger partial charge in [0, 0.05) is 29.0 Å². The van der Waals surface area contributed by atoms with Gasteiger partial charge >= 0.3 is 0 Å². The molecule has 24 heavy (non-hydrogen) atoms. The van der Waals surface area contributed by atoms with E-state index >= 15 is 0 Å². The molecule has 2 rings (SSSR count). The summed E-state index contributed by atoms with van der Waals surface area (Å²) >= 11 is 3.82. The fourth-order valence-corrected chi connectivity index (χ4v) is 5.74. The summed E-state index contributed by atoms with van der Waals surface area (Å²) in [6.45, 7) is 5.51. The number of benzene rings is 1. The smallest absolute Gasteiger partial charge is 0.230 e. The molecule has 5 heteroatoms. The number of ether oxygens (including phenoxy) is 1. The largest absolute Gasteiger partial charge is 0.383 e. The van der Waals surface area contributed by atoms with Crippen LogP contribution in [0.15, 0.2) is 23.1 Å². The van der Waals surface area contributed by atoms with Gasteiger partial charge in [-0.15, -0.1) is 23.5 Å². The second kappa shape index (κ2) is 10.4.